The Labute approximate surface area is 161 Å². The first-order chi connectivity index (χ1) is 13.0. The number of amides is 1. The fraction of sp³-hybridized carbons (Fsp3) is 0.250. The molecule has 0 aliphatic rings. The van der Waals surface area contributed by atoms with Crippen molar-refractivity contribution in [2.75, 3.05) is 0 Å². The summed E-state index contributed by atoms with van der Waals surface area (Å²) < 4.78 is 7.26. The Hall–Kier alpha value is -2.93. The molecule has 1 atom stereocenters. The van der Waals surface area contributed by atoms with E-state index in [0.29, 0.717) is 12.4 Å². The third kappa shape index (κ3) is 5.04. The van der Waals surface area contributed by atoms with Gasteiger partial charge in [0.2, 0.25) is 5.91 Å². The van der Waals surface area contributed by atoms with Crippen LogP contribution in [-0.4, -0.2) is 15.5 Å². The molecule has 1 N–H and O–H groups in total. The maximum atomic E-state index is 12.3. The number of nitrogens with zero attached hydrogens (tertiary/aromatic N) is 2. The van der Waals surface area contributed by atoms with Crippen LogP contribution >= 0.6 is 11.3 Å². The van der Waals surface area contributed by atoms with Gasteiger partial charge >= 0.3 is 4.87 Å². The zero-order valence-electron chi connectivity index (χ0n) is 15.2. The van der Waals surface area contributed by atoms with E-state index in [-0.39, 0.29) is 23.4 Å². The largest absolute Gasteiger partial charge is 0.487 e. The third-order valence-corrected chi connectivity index (χ3v) is 5.01. The summed E-state index contributed by atoms with van der Waals surface area (Å²) in [6, 6.07) is 13.1. The minimum Gasteiger partial charge on any atom is -0.487 e. The van der Waals surface area contributed by atoms with E-state index in [2.05, 4.69) is 10.3 Å². The second-order valence-corrected chi connectivity index (χ2v) is 7.02. The highest BCUT2D eigenvalue weighted by atomic mass is 32.1. The van der Waals surface area contributed by atoms with Crippen molar-refractivity contribution in [3.8, 4) is 5.75 Å². The van der Waals surface area contributed by atoms with E-state index < -0.39 is 0 Å². The van der Waals surface area contributed by atoms with Crippen molar-refractivity contribution >= 4 is 17.2 Å². The summed E-state index contributed by atoms with van der Waals surface area (Å²) in [4.78, 5) is 28.1. The molecular weight excluding hydrogens is 362 g/mol. The first kappa shape index (κ1) is 18.8. The molecule has 0 aliphatic carbocycles. The van der Waals surface area contributed by atoms with Gasteiger partial charge in [-0.15, -0.1) is 0 Å². The number of carbonyl (C=O) groups is 1. The van der Waals surface area contributed by atoms with Crippen LogP contribution in [0.25, 0.3) is 0 Å². The Morgan fingerprint density at radius 1 is 1.30 bits per heavy atom. The molecule has 1 unspecified atom stereocenters. The molecular formula is C20H21N3O3S. The minimum absolute atomic E-state index is 0.0222. The molecule has 0 fully saturated rings. The van der Waals surface area contributed by atoms with Crippen molar-refractivity contribution in [1.29, 1.82) is 0 Å². The molecule has 0 saturated heterocycles. The van der Waals surface area contributed by atoms with Gasteiger partial charge in [0.25, 0.3) is 0 Å². The SMILES string of the molecule is Cc1csc(=O)n1CC(=O)NC(C)c1cccc(OCc2ccccn2)c1. The molecule has 7 heteroatoms. The zero-order valence-corrected chi connectivity index (χ0v) is 16.0. The molecule has 2 aromatic heterocycles. The van der Waals surface area contributed by atoms with E-state index in [0.717, 1.165) is 28.3 Å². The van der Waals surface area contributed by atoms with Gasteiger partial charge in [0.05, 0.1) is 11.7 Å². The fourth-order valence-electron chi connectivity index (χ4n) is 2.62. The van der Waals surface area contributed by atoms with Crippen LogP contribution in [0.1, 0.15) is 29.9 Å². The Morgan fingerprint density at radius 3 is 2.85 bits per heavy atom. The van der Waals surface area contributed by atoms with Crippen LogP contribution < -0.4 is 14.9 Å². The first-order valence-electron chi connectivity index (χ1n) is 8.60. The minimum atomic E-state index is -0.203. The predicted octanol–water partition coefficient (Wildman–Crippen LogP) is 3.07. The lowest BCUT2D eigenvalue weighted by molar-refractivity contribution is -0.122. The van der Waals surface area contributed by atoms with Crippen molar-refractivity contribution in [1.82, 2.24) is 14.9 Å². The molecule has 0 saturated carbocycles. The number of aryl methyl sites for hydroxylation is 1. The van der Waals surface area contributed by atoms with Crippen LogP contribution in [0.4, 0.5) is 0 Å². The Balaban J connectivity index is 1.60. The quantitative estimate of drug-likeness (QED) is 0.681. The Kier molecular flexibility index (Phi) is 6.03. The number of pyridine rings is 1. The number of aromatic nitrogens is 2. The van der Waals surface area contributed by atoms with Crippen LogP contribution in [0, 0.1) is 6.92 Å². The molecule has 27 heavy (non-hydrogen) atoms. The molecule has 6 nitrogen and oxygen atoms in total. The van der Waals surface area contributed by atoms with Crippen LogP contribution in [0.5, 0.6) is 5.75 Å². The fourth-order valence-corrected chi connectivity index (χ4v) is 3.36. The molecule has 0 spiro atoms. The number of ether oxygens (including phenoxy) is 1. The second-order valence-electron chi connectivity index (χ2n) is 6.20. The Bertz CT molecular complexity index is 966. The van der Waals surface area contributed by atoms with Crippen molar-refractivity contribution < 1.29 is 9.53 Å². The van der Waals surface area contributed by atoms with E-state index in [1.807, 2.05) is 56.3 Å². The summed E-state index contributed by atoms with van der Waals surface area (Å²) >= 11 is 1.10. The van der Waals surface area contributed by atoms with Crippen molar-refractivity contribution in [3.05, 3.63) is 80.7 Å². The van der Waals surface area contributed by atoms with Crippen molar-refractivity contribution in [2.24, 2.45) is 0 Å². The number of carbonyl (C=O) groups excluding carboxylic acids is 1. The normalized spacial score (nSPS) is 11.8. The standard InChI is InChI=1S/C20H21N3O3S/c1-14-13-27-20(25)23(14)11-19(24)22-15(2)16-6-5-8-18(10-16)26-12-17-7-3-4-9-21-17/h3-10,13,15H,11-12H2,1-2H3,(H,22,24). The molecule has 3 rings (SSSR count). The maximum Gasteiger partial charge on any atom is 0.307 e. The van der Waals surface area contributed by atoms with Gasteiger partial charge < -0.3 is 10.1 Å². The zero-order chi connectivity index (χ0) is 19.2. The number of thiazole rings is 1. The van der Waals surface area contributed by atoms with Gasteiger partial charge in [-0.25, -0.2) is 0 Å². The van der Waals surface area contributed by atoms with Crippen LogP contribution in [0.2, 0.25) is 0 Å². The maximum absolute atomic E-state index is 12.3. The summed E-state index contributed by atoms with van der Waals surface area (Å²) in [5.74, 6) is 0.509. The lowest BCUT2D eigenvalue weighted by Gasteiger charge is -2.16. The highest BCUT2D eigenvalue weighted by Gasteiger charge is 2.13. The van der Waals surface area contributed by atoms with Crippen LogP contribution in [-0.2, 0) is 17.9 Å². The predicted molar refractivity (Wildman–Crippen MR) is 105 cm³/mol. The van der Waals surface area contributed by atoms with Gasteiger partial charge in [0.1, 0.15) is 18.9 Å². The van der Waals surface area contributed by atoms with E-state index in [9.17, 15) is 9.59 Å². The van der Waals surface area contributed by atoms with Crippen molar-refractivity contribution in [3.63, 3.8) is 0 Å². The lowest BCUT2D eigenvalue weighted by Crippen LogP contribution is -2.32. The smallest absolute Gasteiger partial charge is 0.307 e. The molecule has 2 heterocycles. The van der Waals surface area contributed by atoms with E-state index in [4.69, 9.17) is 4.74 Å². The molecule has 0 bridgehead atoms. The highest BCUT2D eigenvalue weighted by Crippen LogP contribution is 2.20. The molecule has 0 aliphatic heterocycles. The molecule has 3 aromatic rings. The average Bonchev–Trinajstić information content (AvgIpc) is 2.99. The van der Waals surface area contributed by atoms with Gasteiger partial charge in [0.15, 0.2) is 0 Å². The summed E-state index contributed by atoms with van der Waals surface area (Å²) in [6.07, 6.45) is 1.73. The second kappa shape index (κ2) is 8.64. The molecule has 1 amide bonds. The molecule has 140 valence electrons. The van der Waals surface area contributed by atoms with Crippen LogP contribution in [0.3, 0.4) is 0 Å². The van der Waals surface area contributed by atoms with E-state index in [1.54, 1.807) is 11.6 Å². The summed E-state index contributed by atoms with van der Waals surface area (Å²) in [5.41, 5.74) is 2.56. The Morgan fingerprint density at radius 2 is 2.15 bits per heavy atom. The van der Waals surface area contributed by atoms with Gasteiger partial charge in [-0.1, -0.05) is 29.5 Å². The van der Waals surface area contributed by atoms with Crippen LogP contribution in [0.15, 0.2) is 58.8 Å². The number of hydrogen-bond donors (Lipinski definition) is 1. The summed E-state index contributed by atoms with van der Waals surface area (Å²) in [7, 11) is 0. The summed E-state index contributed by atoms with van der Waals surface area (Å²) in [6.45, 7) is 4.12. The molecule has 0 radical (unpaired) electrons. The van der Waals surface area contributed by atoms with Crippen molar-refractivity contribution in [2.45, 2.75) is 33.0 Å². The number of benzene rings is 1. The number of nitrogens with one attached hydrogen (secondary N) is 1. The van der Waals surface area contributed by atoms with Gasteiger partial charge in [-0.05, 0) is 43.7 Å². The first-order valence-corrected chi connectivity index (χ1v) is 9.48. The van der Waals surface area contributed by atoms with E-state index >= 15 is 0 Å². The number of hydrogen-bond acceptors (Lipinski definition) is 5. The number of rotatable bonds is 7. The topological polar surface area (TPSA) is 73.2 Å². The van der Waals surface area contributed by atoms with E-state index in [1.165, 1.54) is 4.57 Å². The lowest BCUT2D eigenvalue weighted by atomic mass is 10.1. The van der Waals surface area contributed by atoms with Gasteiger partial charge in [-0.2, -0.15) is 0 Å². The van der Waals surface area contributed by atoms with Gasteiger partial charge in [-0.3, -0.25) is 19.1 Å². The third-order valence-electron chi connectivity index (χ3n) is 4.13. The average molecular weight is 383 g/mol. The monoisotopic (exact) mass is 383 g/mol. The summed E-state index contributed by atoms with van der Waals surface area (Å²) in [5, 5.41) is 4.68. The highest BCUT2D eigenvalue weighted by molar-refractivity contribution is 7.07. The van der Waals surface area contributed by atoms with Gasteiger partial charge in [0, 0.05) is 17.3 Å². The molecule has 1 aromatic carbocycles.